The van der Waals surface area contributed by atoms with Gasteiger partial charge >= 0.3 is 0 Å². The molecule has 1 N–H and O–H groups in total. The molecule has 2 aromatic rings. The first-order valence-electron chi connectivity index (χ1n) is 6.75. The number of hydrogen-bond donors (Lipinski definition) is 1. The Balaban J connectivity index is 1.97. The Hall–Kier alpha value is -1.45. The van der Waals surface area contributed by atoms with Crippen molar-refractivity contribution in [3.05, 3.63) is 56.8 Å². The minimum Gasteiger partial charge on any atom is -0.352 e. The fourth-order valence-electron chi connectivity index (χ4n) is 2.27. The van der Waals surface area contributed by atoms with Gasteiger partial charge in [-0.05, 0) is 50.1 Å². The maximum atomic E-state index is 12.1. The number of halogens is 2. The Morgan fingerprint density at radius 1 is 1.24 bits per heavy atom. The number of nitrogens with zero attached hydrogens (tertiary/aromatic N) is 1. The molecule has 0 bridgehead atoms. The molecule has 0 saturated carbocycles. The van der Waals surface area contributed by atoms with Gasteiger partial charge in [-0.15, -0.1) is 0 Å². The molecule has 1 amide bonds. The Labute approximate surface area is 134 Å². The number of carbonyl (C=O) groups is 1. The van der Waals surface area contributed by atoms with Crippen molar-refractivity contribution in [1.82, 2.24) is 9.88 Å². The van der Waals surface area contributed by atoms with Gasteiger partial charge < -0.3 is 9.88 Å². The fourth-order valence-corrected chi connectivity index (χ4v) is 2.76. The van der Waals surface area contributed by atoms with Crippen LogP contribution in [0.5, 0.6) is 0 Å². The van der Waals surface area contributed by atoms with E-state index >= 15 is 0 Å². The summed E-state index contributed by atoms with van der Waals surface area (Å²) in [6.45, 7) is 4.73. The van der Waals surface area contributed by atoms with Gasteiger partial charge in [-0.2, -0.15) is 0 Å². The number of hydrogen-bond acceptors (Lipinski definition) is 1. The van der Waals surface area contributed by atoms with Crippen LogP contribution in [0.15, 0.2) is 24.3 Å². The van der Waals surface area contributed by atoms with Gasteiger partial charge in [0.2, 0.25) is 0 Å². The number of carbonyl (C=O) groups excluding carboxylic acids is 1. The smallest absolute Gasteiger partial charge is 0.252 e. The maximum Gasteiger partial charge on any atom is 0.252 e. The lowest BCUT2D eigenvalue weighted by atomic mass is 10.1. The average molecular weight is 325 g/mol. The van der Waals surface area contributed by atoms with Crippen molar-refractivity contribution in [2.45, 2.75) is 20.3 Å². The highest BCUT2D eigenvalue weighted by Crippen LogP contribution is 2.20. The minimum absolute atomic E-state index is 0.179. The van der Waals surface area contributed by atoms with Gasteiger partial charge in [-0.25, -0.2) is 0 Å². The fraction of sp³-hybridized carbons (Fsp3) is 0.312. The molecule has 0 saturated heterocycles. The molecule has 2 rings (SSSR count). The van der Waals surface area contributed by atoms with Crippen LogP contribution in [0.4, 0.5) is 0 Å². The predicted octanol–water partition coefficient (Wildman–Crippen LogP) is 3.92. The molecule has 0 radical (unpaired) electrons. The molecule has 0 aliphatic heterocycles. The third kappa shape index (κ3) is 3.60. The summed E-state index contributed by atoms with van der Waals surface area (Å²) in [5.74, 6) is -0.179. The van der Waals surface area contributed by atoms with Crippen LogP contribution < -0.4 is 5.32 Å². The summed E-state index contributed by atoms with van der Waals surface area (Å²) in [5.41, 5.74) is 4.14. The summed E-state index contributed by atoms with van der Waals surface area (Å²) < 4.78 is 2.15. The van der Waals surface area contributed by atoms with Gasteiger partial charge in [0.15, 0.2) is 0 Å². The third-order valence-corrected chi connectivity index (χ3v) is 4.28. The number of amides is 1. The van der Waals surface area contributed by atoms with Crippen LogP contribution in [-0.2, 0) is 13.5 Å². The second-order valence-corrected chi connectivity index (χ2v) is 5.93. The molecule has 1 aromatic carbocycles. The van der Waals surface area contributed by atoms with Gasteiger partial charge in [-0.3, -0.25) is 4.79 Å². The number of aromatic nitrogens is 1. The Kier molecular flexibility index (Phi) is 4.96. The average Bonchev–Trinajstić information content (AvgIpc) is 2.66. The van der Waals surface area contributed by atoms with E-state index in [4.69, 9.17) is 23.2 Å². The van der Waals surface area contributed by atoms with Crippen molar-refractivity contribution in [2.24, 2.45) is 7.05 Å². The topological polar surface area (TPSA) is 34.0 Å². The zero-order valence-corrected chi connectivity index (χ0v) is 13.8. The van der Waals surface area contributed by atoms with Crippen molar-refractivity contribution in [3.63, 3.8) is 0 Å². The molecule has 0 aliphatic rings. The molecule has 1 aromatic heterocycles. The van der Waals surface area contributed by atoms with E-state index in [0.29, 0.717) is 22.2 Å². The first kappa shape index (κ1) is 15.9. The van der Waals surface area contributed by atoms with Crippen molar-refractivity contribution >= 4 is 29.1 Å². The van der Waals surface area contributed by atoms with Crippen LogP contribution >= 0.6 is 23.2 Å². The number of benzene rings is 1. The standard InChI is InChI=1S/C16H18Cl2N2O/c1-10-8-12(11(2)20(10)3)6-7-19-16(21)14-5-4-13(17)9-15(14)18/h4-5,8-9H,6-7H2,1-3H3,(H,19,21). The Morgan fingerprint density at radius 3 is 2.52 bits per heavy atom. The molecule has 3 nitrogen and oxygen atoms in total. The highest BCUT2D eigenvalue weighted by atomic mass is 35.5. The summed E-state index contributed by atoms with van der Waals surface area (Å²) in [5, 5.41) is 3.78. The molecule has 0 fully saturated rings. The summed E-state index contributed by atoms with van der Waals surface area (Å²) >= 11 is 11.8. The highest BCUT2D eigenvalue weighted by molar-refractivity contribution is 6.36. The molecule has 5 heteroatoms. The van der Waals surface area contributed by atoms with Gasteiger partial charge in [0, 0.05) is 30.0 Å². The van der Waals surface area contributed by atoms with Gasteiger partial charge in [0.1, 0.15) is 0 Å². The van der Waals surface area contributed by atoms with Crippen LogP contribution in [0.1, 0.15) is 27.3 Å². The SMILES string of the molecule is Cc1cc(CCNC(=O)c2ccc(Cl)cc2Cl)c(C)n1C. The molecular formula is C16H18Cl2N2O. The van der Waals surface area contributed by atoms with E-state index in [2.05, 4.69) is 29.8 Å². The molecule has 0 atom stereocenters. The molecular weight excluding hydrogens is 307 g/mol. The predicted molar refractivity (Wildman–Crippen MR) is 87.4 cm³/mol. The first-order chi connectivity index (χ1) is 9.90. The lowest BCUT2D eigenvalue weighted by molar-refractivity contribution is 0.0954. The lowest BCUT2D eigenvalue weighted by Crippen LogP contribution is -2.26. The quantitative estimate of drug-likeness (QED) is 0.908. The van der Waals surface area contributed by atoms with Crippen molar-refractivity contribution in [3.8, 4) is 0 Å². The Morgan fingerprint density at radius 2 is 1.95 bits per heavy atom. The maximum absolute atomic E-state index is 12.1. The van der Waals surface area contributed by atoms with E-state index in [-0.39, 0.29) is 5.91 Å². The molecule has 112 valence electrons. The minimum atomic E-state index is -0.179. The van der Waals surface area contributed by atoms with Crippen LogP contribution in [0, 0.1) is 13.8 Å². The van der Waals surface area contributed by atoms with Crippen LogP contribution in [0.3, 0.4) is 0 Å². The number of aryl methyl sites for hydroxylation is 1. The molecule has 0 unspecified atom stereocenters. The van der Waals surface area contributed by atoms with Crippen LogP contribution in [0.2, 0.25) is 10.0 Å². The van der Waals surface area contributed by atoms with E-state index in [1.54, 1.807) is 18.2 Å². The van der Waals surface area contributed by atoms with Crippen LogP contribution in [-0.4, -0.2) is 17.0 Å². The van der Waals surface area contributed by atoms with E-state index < -0.39 is 0 Å². The summed E-state index contributed by atoms with van der Waals surface area (Å²) in [6.07, 6.45) is 0.796. The van der Waals surface area contributed by atoms with Crippen molar-refractivity contribution in [1.29, 1.82) is 0 Å². The van der Waals surface area contributed by atoms with E-state index in [1.807, 2.05) is 7.05 Å². The zero-order chi connectivity index (χ0) is 15.6. The second kappa shape index (κ2) is 6.54. The van der Waals surface area contributed by atoms with E-state index in [9.17, 15) is 4.79 Å². The van der Waals surface area contributed by atoms with Gasteiger partial charge in [0.05, 0.1) is 10.6 Å². The summed E-state index contributed by atoms with van der Waals surface area (Å²) in [6, 6.07) is 7.02. The van der Waals surface area contributed by atoms with E-state index in [0.717, 1.165) is 6.42 Å². The molecule has 21 heavy (non-hydrogen) atoms. The van der Waals surface area contributed by atoms with Gasteiger partial charge in [-0.1, -0.05) is 23.2 Å². The largest absolute Gasteiger partial charge is 0.352 e. The highest BCUT2D eigenvalue weighted by Gasteiger charge is 2.11. The third-order valence-electron chi connectivity index (χ3n) is 3.74. The normalized spacial score (nSPS) is 10.7. The molecule has 0 spiro atoms. The van der Waals surface area contributed by atoms with Gasteiger partial charge in [0.25, 0.3) is 5.91 Å². The molecule has 1 heterocycles. The van der Waals surface area contributed by atoms with Crippen molar-refractivity contribution < 1.29 is 4.79 Å². The van der Waals surface area contributed by atoms with E-state index in [1.165, 1.54) is 17.0 Å². The van der Waals surface area contributed by atoms with Crippen molar-refractivity contribution in [2.75, 3.05) is 6.54 Å². The number of nitrogens with one attached hydrogen (secondary N) is 1. The zero-order valence-electron chi connectivity index (χ0n) is 12.3. The lowest BCUT2D eigenvalue weighted by Gasteiger charge is -2.07. The Bertz CT molecular complexity index is 677. The first-order valence-corrected chi connectivity index (χ1v) is 7.50. The van der Waals surface area contributed by atoms with Crippen LogP contribution in [0.25, 0.3) is 0 Å². The summed E-state index contributed by atoms with van der Waals surface area (Å²) in [7, 11) is 2.04. The monoisotopic (exact) mass is 324 g/mol. The number of rotatable bonds is 4. The molecule has 0 aliphatic carbocycles. The summed E-state index contributed by atoms with van der Waals surface area (Å²) in [4.78, 5) is 12.1. The second-order valence-electron chi connectivity index (χ2n) is 5.09.